The maximum atomic E-state index is 11.3. The average Bonchev–Trinajstić information content (AvgIpc) is 2.12. The fraction of sp³-hybridized carbons (Fsp3) is 0.875. The lowest BCUT2D eigenvalue weighted by Crippen LogP contribution is -2.79. The Kier molecular flexibility index (Phi) is 0.601. The molecule has 4 rings (SSSR count). The molecule has 0 aromatic carbocycles. The molecule has 11 heavy (non-hydrogen) atoms. The van der Waals surface area contributed by atoms with Crippen molar-refractivity contribution in [3.05, 3.63) is 0 Å². The molecule has 1 N–H and O–H groups in total. The van der Waals surface area contributed by atoms with Gasteiger partial charge in [0.15, 0.2) is 0 Å². The van der Waals surface area contributed by atoms with Crippen LogP contribution >= 0.6 is 11.6 Å². The van der Waals surface area contributed by atoms with Crippen LogP contribution in [0.25, 0.3) is 0 Å². The number of nitrogens with one attached hydrogen (secondary N) is 1. The molecule has 58 valence electrons. The zero-order valence-electron chi connectivity index (χ0n) is 5.83. The summed E-state index contributed by atoms with van der Waals surface area (Å²) in [5.74, 6) is 3.35. The number of carbonyl (C=O) groups is 1. The molecule has 3 aliphatic carbocycles. The van der Waals surface area contributed by atoms with E-state index in [1.54, 1.807) is 0 Å². The van der Waals surface area contributed by atoms with Crippen LogP contribution in [0.4, 0.5) is 0 Å². The van der Waals surface area contributed by atoms with E-state index in [1.807, 2.05) is 0 Å². The Hall–Kier alpha value is -0.240. The van der Waals surface area contributed by atoms with Crippen molar-refractivity contribution in [1.29, 1.82) is 0 Å². The van der Waals surface area contributed by atoms with E-state index in [-0.39, 0.29) is 5.91 Å². The number of hydrogen-bond donors (Lipinski definition) is 1. The van der Waals surface area contributed by atoms with Gasteiger partial charge in [0.1, 0.15) is 0 Å². The van der Waals surface area contributed by atoms with E-state index in [2.05, 4.69) is 5.32 Å². The lowest BCUT2D eigenvalue weighted by Gasteiger charge is -2.73. The van der Waals surface area contributed by atoms with Crippen LogP contribution in [0.3, 0.4) is 0 Å². The molecular weight excluding hydrogens is 162 g/mol. The molecule has 3 heteroatoms. The SMILES string of the molecule is O=C1NC2C3C1[C@@H]1[C@@H](Cl)[C@H]2[C@H]31. The van der Waals surface area contributed by atoms with Crippen molar-refractivity contribution in [2.75, 3.05) is 0 Å². The number of halogens is 1. The van der Waals surface area contributed by atoms with Crippen LogP contribution in [0.1, 0.15) is 0 Å². The zero-order valence-corrected chi connectivity index (χ0v) is 6.58. The van der Waals surface area contributed by atoms with Gasteiger partial charge in [-0.3, -0.25) is 4.79 Å². The van der Waals surface area contributed by atoms with Crippen molar-refractivity contribution in [3.8, 4) is 0 Å². The fourth-order valence-corrected chi connectivity index (χ4v) is 4.56. The molecule has 4 fully saturated rings. The standard InChI is InChI=1S/C8H8ClNO/c9-6-2-1-3-4(2)8(11)10-7(3)5(1)6/h1-7H,(H,10,11)/t1-,2+,3?,4?,5+,6+,7?/m0/s1. The highest BCUT2D eigenvalue weighted by molar-refractivity contribution is 6.22. The lowest BCUT2D eigenvalue weighted by atomic mass is 9.31. The van der Waals surface area contributed by atoms with Crippen LogP contribution in [0, 0.1) is 29.6 Å². The summed E-state index contributed by atoms with van der Waals surface area (Å²) in [6.07, 6.45) is 0. The molecule has 0 aromatic heterocycles. The third kappa shape index (κ3) is 0.307. The molecule has 1 heterocycles. The van der Waals surface area contributed by atoms with Gasteiger partial charge in [-0.05, 0) is 23.7 Å². The smallest absolute Gasteiger partial charge is 0.224 e. The van der Waals surface area contributed by atoms with Crippen LogP contribution in [0.2, 0.25) is 0 Å². The maximum Gasteiger partial charge on any atom is 0.224 e. The van der Waals surface area contributed by atoms with Crippen LogP contribution < -0.4 is 5.32 Å². The Morgan fingerprint density at radius 1 is 1.18 bits per heavy atom. The minimum Gasteiger partial charge on any atom is -0.352 e. The van der Waals surface area contributed by atoms with Crippen molar-refractivity contribution in [3.63, 3.8) is 0 Å². The molecule has 3 saturated carbocycles. The van der Waals surface area contributed by atoms with E-state index >= 15 is 0 Å². The molecule has 0 radical (unpaired) electrons. The molecule has 4 aliphatic rings. The first-order valence-corrected chi connectivity index (χ1v) is 4.69. The Balaban J connectivity index is 1.87. The highest BCUT2D eigenvalue weighted by atomic mass is 35.5. The first kappa shape index (κ1) is 5.41. The van der Waals surface area contributed by atoms with E-state index < -0.39 is 0 Å². The number of hydrogen-bond acceptors (Lipinski definition) is 1. The predicted molar refractivity (Wildman–Crippen MR) is 39.0 cm³/mol. The average molecular weight is 170 g/mol. The Labute approximate surface area is 69.3 Å². The lowest BCUT2D eigenvalue weighted by molar-refractivity contribution is -0.225. The third-order valence-corrected chi connectivity index (χ3v) is 4.92. The molecule has 1 amide bonds. The topological polar surface area (TPSA) is 29.1 Å². The molecular formula is C8H8ClNO. The number of alkyl halides is 1. The second-order valence-electron chi connectivity index (χ2n) is 4.31. The molecule has 2 nitrogen and oxygen atoms in total. The number of rotatable bonds is 0. The predicted octanol–water partition coefficient (Wildman–Crippen LogP) is 0.214. The van der Waals surface area contributed by atoms with Gasteiger partial charge in [-0.25, -0.2) is 0 Å². The molecule has 0 bridgehead atoms. The Morgan fingerprint density at radius 3 is 2.64 bits per heavy atom. The molecule has 0 spiro atoms. The quantitative estimate of drug-likeness (QED) is 0.517. The fourth-order valence-electron chi connectivity index (χ4n) is 3.91. The summed E-state index contributed by atoms with van der Waals surface area (Å²) in [5.41, 5.74) is 0. The van der Waals surface area contributed by atoms with Crippen molar-refractivity contribution >= 4 is 17.5 Å². The Morgan fingerprint density at radius 2 is 2.00 bits per heavy atom. The van der Waals surface area contributed by atoms with Crippen molar-refractivity contribution in [2.45, 2.75) is 11.4 Å². The van der Waals surface area contributed by atoms with E-state index in [9.17, 15) is 4.79 Å². The van der Waals surface area contributed by atoms with Crippen LogP contribution in [-0.4, -0.2) is 17.3 Å². The van der Waals surface area contributed by atoms with Gasteiger partial charge in [0.25, 0.3) is 0 Å². The second kappa shape index (κ2) is 1.22. The molecule has 1 saturated heterocycles. The maximum absolute atomic E-state index is 11.3. The monoisotopic (exact) mass is 169 g/mol. The summed E-state index contributed by atoms with van der Waals surface area (Å²) in [5, 5.41) is 3.36. The van der Waals surface area contributed by atoms with E-state index in [1.165, 1.54) is 0 Å². The summed E-state index contributed by atoms with van der Waals surface area (Å²) < 4.78 is 0. The molecule has 0 aromatic rings. The van der Waals surface area contributed by atoms with Crippen LogP contribution in [-0.2, 0) is 4.79 Å². The number of fused-ring (bicyclic) bond motifs is 2. The van der Waals surface area contributed by atoms with E-state index in [0.717, 1.165) is 5.92 Å². The van der Waals surface area contributed by atoms with Gasteiger partial charge in [-0.2, -0.15) is 0 Å². The minimum absolute atomic E-state index is 0.284. The van der Waals surface area contributed by atoms with Crippen LogP contribution in [0.15, 0.2) is 0 Å². The summed E-state index contributed by atoms with van der Waals surface area (Å²) in [6.45, 7) is 0. The van der Waals surface area contributed by atoms with E-state index in [4.69, 9.17) is 11.6 Å². The van der Waals surface area contributed by atoms with Gasteiger partial charge in [0.2, 0.25) is 5.91 Å². The second-order valence-corrected chi connectivity index (χ2v) is 4.82. The normalized spacial score (nSPS) is 73.9. The van der Waals surface area contributed by atoms with Gasteiger partial charge in [0, 0.05) is 17.3 Å². The van der Waals surface area contributed by atoms with Crippen LogP contribution in [0.5, 0.6) is 0 Å². The largest absolute Gasteiger partial charge is 0.352 e. The summed E-state index contributed by atoms with van der Waals surface area (Å²) in [4.78, 5) is 11.3. The first-order chi connectivity index (χ1) is 5.30. The van der Waals surface area contributed by atoms with Crippen molar-refractivity contribution in [2.24, 2.45) is 29.6 Å². The third-order valence-electron chi connectivity index (χ3n) is 4.34. The minimum atomic E-state index is 0.284. The van der Waals surface area contributed by atoms with Gasteiger partial charge in [0.05, 0.1) is 0 Å². The van der Waals surface area contributed by atoms with Gasteiger partial charge in [-0.1, -0.05) is 0 Å². The summed E-state index contributed by atoms with van der Waals surface area (Å²) >= 11 is 6.14. The first-order valence-electron chi connectivity index (χ1n) is 4.25. The van der Waals surface area contributed by atoms with Crippen molar-refractivity contribution < 1.29 is 4.79 Å². The van der Waals surface area contributed by atoms with Crippen molar-refractivity contribution in [1.82, 2.24) is 5.32 Å². The van der Waals surface area contributed by atoms with Gasteiger partial charge < -0.3 is 5.32 Å². The molecule has 7 atom stereocenters. The molecule has 1 aliphatic heterocycles. The number of amides is 1. The highest BCUT2D eigenvalue weighted by Gasteiger charge is 2.82. The zero-order chi connectivity index (χ0) is 7.33. The highest BCUT2D eigenvalue weighted by Crippen LogP contribution is 2.76. The van der Waals surface area contributed by atoms with E-state index in [0.29, 0.717) is 35.1 Å². The summed E-state index contributed by atoms with van der Waals surface area (Å²) in [6, 6.07) is 0.477. The number of carbonyl (C=O) groups excluding carboxylic acids is 1. The van der Waals surface area contributed by atoms with Gasteiger partial charge >= 0.3 is 0 Å². The Bertz CT molecular complexity index is 273. The summed E-state index contributed by atoms with van der Waals surface area (Å²) in [7, 11) is 0. The molecule has 3 unspecified atom stereocenters. The van der Waals surface area contributed by atoms with Gasteiger partial charge in [-0.15, -0.1) is 11.6 Å².